The topological polar surface area (TPSA) is 65.5 Å². The van der Waals surface area contributed by atoms with Crippen LogP contribution in [0.3, 0.4) is 0 Å². The molecule has 0 spiro atoms. The maximum atomic E-state index is 11.8. The quantitative estimate of drug-likeness (QED) is 0.405. The molecular formula is C14H22BrClN4O. The van der Waals surface area contributed by atoms with Gasteiger partial charge in [0.1, 0.15) is 0 Å². The van der Waals surface area contributed by atoms with E-state index >= 15 is 0 Å². The van der Waals surface area contributed by atoms with Crippen LogP contribution in [-0.4, -0.2) is 38.0 Å². The van der Waals surface area contributed by atoms with Gasteiger partial charge in [0.05, 0.1) is 6.54 Å². The number of carbonyl (C=O) groups is 1. The first kappa shape index (κ1) is 19.7. The third-order valence-corrected chi connectivity index (χ3v) is 2.71. The summed E-state index contributed by atoms with van der Waals surface area (Å²) in [5, 5.41) is 9.67. The summed E-state index contributed by atoms with van der Waals surface area (Å²) in [4.78, 5) is 16.2. The number of hydrogen-bond donors (Lipinski definition) is 3. The Labute approximate surface area is 141 Å². The Morgan fingerprint density at radius 3 is 2.19 bits per heavy atom. The summed E-state index contributed by atoms with van der Waals surface area (Å²) in [6.45, 7) is 6.65. The number of benzene rings is 1. The average molecular weight is 378 g/mol. The zero-order valence-electron chi connectivity index (χ0n) is 12.3. The first-order chi connectivity index (χ1) is 9.67. The van der Waals surface area contributed by atoms with Gasteiger partial charge in [-0.05, 0) is 38.1 Å². The molecule has 1 aromatic carbocycles. The zero-order chi connectivity index (χ0) is 14.8. The Bertz CT molecular complexity index is 443. The maximum Gasteiger partial charge on any atom is 0.251 e. The van der Waals surface area contributed by atoms with Gasteiger partial charge in [-0.1, -0.05) is 11.6 Å². The van der Waals surface area contributed by atoms with E-state index in [0.29, 0.717) is 23.7 Å². The van der Waals surface area contributed by atoms with Crippen molar-refractivity contribution >= 4 is 40.4 Å². The van der Waals surface area contributed by atoms with Crippen LogP contribution in [0.5, 0.6) is 0 Å². The smallest absolute Gasteiger partial charge is 0.251 e. The van der Waals surface area contributed by atoms with Crippen molar-refractivity contribution in [3.63, 3.8) is 0 Å². The molecule has 0 aromatic heterocycles. The molecule has 0 atom stereocenters. The van der Waals surface area contributed by atoms with Gasteiger partial charge < -0.3 is 16.0 Å². The van der Waals surface area contributed by atoms with Crippen LogP contribution in [-0.2, 0) is 0 Å². The molecule has 0 unspecified atom stereocenters. The molecule has 0 radical (unpaired) electrons. The van der Waals surface area contributed by atoms with Crippen LogP contribution < -0.4 is 16.0 Å². The van der Waals surface area contributed by atoms with Gasteiger partial charge in [-0.3, -0.25) is 9.79 Å². The molecule has 0 saturated heterocycles. The first-order valence-electron chi connectivity index (χ1n) is 6.73. The highest BCUT2D eigenvalue weighted by Crippen LogP contribution is 2.09. The summed E-state index contributed by atoms with van der Waals surface area (Å²) >= 11 is 5.77. The second kappa shape index (κ2) is 11.4. The summed E-state index contributed by atoms with van der Waals surface area (Å²) < 4.78 is 0. The second-order valence-corrected chi connectivity index (χ2v) is 4.49. The Kier molecular flexibility index (Phi) is 10.7. The van der Waals surface area contributed by atoms with E-state index < -0.39 is 0 Å². The molecule has 0 saturated carbocycles. The normalized spacial score (nSPS) is 9.29. The molecule has 0 heterocycles. The predicted molar refractivity (Wildman–Crippen MR) is 93.8 cm³/mol. The Morgan fingerprint density at radius 1 is 1.10 bits per heavy atom. The van der Waals surface area contributed by atoms with E-state index in [-0.39, 0.29) is 22.9 Å². The second-order valence-electron chi connectivity index (χ2n) is 4.05. The van der Waals surface area contributed by atoms with Crippen molar-refractivity contribution in [3.05, 3.63) is 34.9 Å². The summed E-state index contributed by atoms with van der Waals surface area (Å²) in [5.41, 5.74) is 0.594. The number of carbonyl (C=O) groups excluding carboxylic acids is 1. The Morgan fingerprint density at radius 2 is 1.67 bits per heavy atom. The minimum absolute atomic E-state index is 0. The molecule has 0 aliphatic rings. The van der Waals surface area contributed by atoms with Gasteiger partial charge in [0.25, 0.3) is 5.91 Å². The van der Waals surface area contributed by atoms with Crippen molar-refractivity contribution in [1.29, 1.82) is 0 Å². The lowest BCUT2D eigenvalue weighted by Crippen LogP contribution is -2.37. The van der Waals surface area contributed by atoms with Crippen molar-refractivity contribution in [2.24, 2.45) is 4.99 Å². The van der Waals surface area contributed by atoms with Crippen LogP contribution in [0.2, 0.25) is 5.02 Å². The van der Waals surface area contributed by atoms with Gasteiger partial charge in [-0.25, -0.2) is 0 Å². The fourth-order valence-corrected chi connectivity index (χ4v) is 1.68. The molecule has 0 bridgehead atoms. The first-order valence-corrected chi connectivity index (χ1v) is 7.11. The molecular weight excluding hydrogens is 356 g/mol. The van der Waals surface area contributed by atoms with Crippen LogP contribution in [0.1, 0.15) is 24.2 Å². The van der Waals surface area contributed by atoms with Crippen LogP contribution in [0.4, 0.5) is 0 Å². The summed E-state index contributed by atoms with van der Waals surface area (Å²) in [7, 11) is 0. The lowest BCUT2D eigenvalue weighted by atomic mass is 10.2. The van der Waals surface area contributed by atoms with E-state index in [2.05, 4.69) is 20.9 Å². The molecule has 0 aliphatic heterocycles. The van der Waals surface area contributed by atoms with Crippen LogP contribution in [0.15, 0.2) is 29.3 Å². The minimum Gasteiger partial charge on any atom is -0.357 e. The highest BCUT2D eigenvalue weighted by atomic mass is 79.9. The third kappa shape index (κ3) is 7.92. The SMILES string of the molecule is Br.CCNC(=NCCNC(=O)c1ccc(Cl)cc1)NCC. The third-order valence-electron chi connectivity index (χ3n) is 2.46. The van der Waals surface area contributed by atoms with Gasteiger partial charge in [-0.15, -0.1) is 17.0 Å². The van der Waals surface area contributed by atoms with E-state index in [0.717, 1.165) is 19.0 Å². The van der Waals surface area contributed by atoms with E-state index in [1.807, 2.05) is 13.8 Å². The van der Waals surface area contributed by atoms with Gasteiger partial charge >= 0.3 is 0 Å². The molecule has 21 heavy (non-hydrogen) atoms. The molecule has 1 amide bonds. The van der Waals surface area contributed by atoms with Crippen LogP contribution >= 0.6 is 28.6 Å². The fraction of sp³-hybridized carbons (Fsp3) is 0.429. The number of guanidine groups is 1. The molecule has 7 heteroatoms. The largest absolute Gasteiger partial charge is 0.357 e. The summed E-state index contributed by atoms with van der Waals surface area (Å²) in [6, 6.07) is 6.79. The van der Waals surface area contributed by atoms with E-state index in [9.17, 15) is 4.79 Å². The Hall–Kier alpha value is -1.27. The maximum absolute atomic E-state index is 11.8. The standard InChI is InChI=1S/C14H21ClN4O.BrH/c1-3-16-14(17-4-2)19-10-9-18-13(20)11-5-7-12(15)8-6-11;/h5-8H,3-4,9-10H2,1-2H3,(H,18,20)(H2,16,17,19);1H. The number of aliphatic imine (C=N–C) groups is 1. The van der Waals surface area contributed by atoms with Crippen LogP contribution in [0, 0.1) is 0 Å². The monoisotopic (exact) mass is 376 g/mol. The molecule has 1 aromatic rings. The minimum atomic E-state index is -0.120. The van der Waals surface area contributed by atoms with Gasteiger partial charge in [0.15, 0.2) is 5.96 Å². The highest BCUT2D eigenvalue weighted by Gasteiger charge is 2.03. The van der Waals surface area contributed by atoms with Gasteiger partial charge in [-0.2, -0.15) is 0 Å². The van der Waals surface area contributed by atoms with E-state index in [1.165, 1.54) is 0 Å². The molecule has 5 nitrogen and oxygen atoms in total. The van der Waals surface area contributed by atoms with E-state index in [1.54, 1.807) is 24.3 Å². The molecule has 118 valence electrons. The van der Waals surface area contributed by atoms with Crippen molar-refractivity contribution in [3.8, 4) is 0 Å². The van der Waals surface area contributed by atoms with Gasteiger partial charge in [0.2, 0.25) is 0 Å². The summed E-state index contributed by atoms with van der Waals surface area (Å²) in [6.07, 6.45) is 0. The van der Waals surface area contributed by atoms with Crippen LogP contribution in [0.25, 0.3) is 0 Å². The number of amides is 1. The number of nitrogens with one attached hydrogen (secondary N) is 3. The molecule has 1 rings (SSSR count). The average Bonchev–Trinajstić information content (AvgIpc) is 2.44. The molecule has 3 N–H and O–H groups in total. The van der Waals surface area contributed by atoms with Crippen molar-refractivity contribution in [2.45, 2.75) is 13.8 Å². The Balaban J connectivity index is 0.00000400. The highest BCUT2D eigenvalue weighted by molar-refractivity contribution is 8.93. The van der Waals surface area contributed by atoms with E-state index in [4.69, 9.17) is 11.6 Å². The molecule has 0 fully saturated rings. The number of halogens is 2. The van der Waals surface area contributed by atoms with Crippen molar-refractivity contribution < 1.29 is 4.79 Å². The van der Waals surface area contributed by atoms with Crippen molar-refractivity contribution in [2.75, 3.05) is 26.2 Å². The number of nitrogens with zero attached hydrogens (tertiary/aromatic N) is 1. The lowest BCUT2D eigenvalue weighted by molar-refractivity contribution is 0.0955. The lowest BCUT2D eigenvalue weighted by Gasteiger charge is -2.09. The van der Waals surface area contributed by atoms with Crippen molar-refractivity contribution in [1.82, 2.24) is 16.0 Å². The fourth-order valence-electron chi connectivity index (χ4n) is 1.55. The summed E-state index contributed by atoms with van der Waals surface area (Å²) in [5.74, 6) is 0.640. The zero-order valence-corrected chi connectivity index (χ0v) is 14.7. The van der Waals surface area contributed by atoms with Gasteiger partial charge in [0, 0.05) is 30.2 Å². The molecule has 0 aliphatic carbocycles. The predicted octanol–water partition coefficient (Wildman–Crippen LogP) is 2.22. The number of hydrogen-bond acceptors (Lipinski definition) is 2. The number of rotatable bonds is 6.